The molecule has 0 fully saturated rings. The van der Waals surface area contributed by atoms with Crippen molar-refractivity contribution < 1.29 is 9.47 Å². The van der Waals surface area contributed by atoms with Crippen LogP contribution in [-0.2, 0) is 11.3 Å². The lowest BCUT2D eigenvalue weighted by atomic mass is 10.2. The molecule has 0 amide bonds. The molecule has 2 heteroatoms. The molecule has 0 spiro atoms. The van der Waals surface area contributed by atoms with Gasteiger partial charge in [0.15, 0.2) is 0 Å². The standard InChI is InChI=1S/C13H18O2/c1-3-4-5-10-15-11-12-6-8-13(14-2)9-7-12/h4-9H,3,10-11H2,1-2H3/b5-4+. The van der Waals surface area contributed by atoms with Gasteiger partial charge in [-0.05, 0) is 24.1 Å². The van der Waals surface area contributed by atoms with Gasteiger partial charge in [0.1, 0.15) is 5.75 Å². The lowest BCUT2D eigenvalue weighted by Crippen LogP contribution is -1.92. The Balaban J connectivity index is 2.28. The summed E-state index contributed by atoms with van der Waals surface area (Å²) in [5.74, 6) is 0.879. The van der Waals surface area contributed by atoms with Crippen LogP contribution in [0.25, 0.3) is 0 Å². The van der Waals surface area contributed by atoms with Crippen molar-refractivity contribution in [1.29, 1.82) is 0 Å². The summed E-state index contributed by atoms with van der Waals surface area (Å²) in [6.07, 6.45) is 5.21. The summed E-state index contributed by atoms with van der Waals surface area (Å²) in [7, 11) is 1.67. The fourth-order valence-corrected chi connectivity index (χ4v) is 1.20. The molecule has 0 N–H and O–H groups in total. The first-order valence-corrected chi connectivity index (χ1v) is 5.22. The molecule has 0 saturated heterocycles. The van der Waals surface area contributed by atoms with Crippen LogP contribution in [0.4, 0.5) is 0 Å². The minimum absolute atomic E-state index is 0.651. The Morgan fingerprint density at radius 1 is 1.13 bits per heavy atom. The highest BCUT2D eigenvalue weighted by Crippen LogP contribution is 2.11. The molecule has 0 aliphatic carbocycles. The Morgan fingerprint density at radius 3 is 2.47 bits per heavy atom. The van der Waals surface area contributed by atoms with Crippen molar-refractivity contribution in [3.8, 4) is 5.75 Å². The molecule has 0 radical (unpaired) electrons. The second-order valence-electron chi connectivity index (χ2n) is 3.24. The average molecular weight is 206 g/mol. The normalized spacial score (nSPS) is 10.8. The summed E-state index contributed by atoms with van der Waals surface area (Å²) in [5, 5.41) is 0. The average Bonchev–Trinajstić information content (AvgIpc) is 2.30. The molecular formula is C13H18O2. The SMILES string of the molecule is CC/C=C/COCc1ccc(OC)cc1. The fraction of sp³-hybridized carbons (Fsp3) is 0.385. The molecule has 0 atom stereocenters. The van der Waals surface area contributed by atoms with Crippen molar-refractivity contribution in [1.82, 2.24) is 0 Å². The molecule has 1 aromatic carbocycles. The van der Waals surface area contributed by atoms with Crippen molar-refractivity contribution >= 4 is 0 Å². The molecular weight excluding hydrogens is 188 g/mol. The summed E-state index contributed by atoms with van der Waals surface area (Å²) in [6, 6.07) is 7.92. The second kappa shape index (κ2) is 7.07. The molecule has 0 heterocycles. The Kier molecular flexibility index (Phi) is 5.56. The lowest BCUT2D eigenvalue weighted by molar-refractivity contribution is 0.148. The molecule has 0 aliphatic heterocycles. The molecule has 0 saturated carbocycles. The summed E-state index contributed by atoms with van der Waals surface area (Å²) in [6.45, 7) is 3.44. The van der Waals surface area contributed by atoms with Crippen molar-refractivity contribution in [3.63, 3.8) is 0 Å². The van der Waals surface area contributed by atoms with E-state index in [9.17, 15) is 0 Å². The molecule has 0 aliphatic rings. The van der Waals surface area contributed by atoms with Gasteiger partial charge in [-0.25, -0.2) is 0 Å². The van der Waals surface area contributed by atoms with Gasteiger partial charge in [-0.15, -0.1) is 0 Å². The quantitative estimate of drug-likeness (QED) is 0.525. The van der Waals surface area contributed by atoms with Crippen LogP contribution in [0.5, 0.6) is 5.75 Å². The van der Waals surface area contributed by atoms with Crippen LogP contribution < -0.4 is 4.74 Å². The van der Waals surface area contributed by atoms with E-state index < -0.39 is 0 Å². The third-order valence-corrected chi connectivity index (χ3v) is 2.04. The highest BCUT2D eigenvalue weighted by Gasteiger charge is 1.93. The van der Waals surface area contributed by atoms with E-state index in [1.54, 1.807) is 7.11 Å². The van der Waals surface area contributed by atoms with Crippen LogP contribution in [-0.4, -0.2) is 13.7 Å². The minimum atomic E-state index is 0.651. The van der Waals surface area contributed by atoms with Crippen molar-refractivity contribution in [2.45, 2.75) is 20.0 Å². The first-order valence-electron chi connectivity index (χ1n) is 5.22. The third-order valence-electron chi connectivity index (χ3n) is 2.04. The molecule has 1 rings (SSSR count). The van der Waals surface area contributed by atoms with Crippen LogP contribution in [0, 0.1) is 0 Å². The van der Waals surface area contributed by atoms with E-state index in [0.29, 0.717) is 13.2 Å². The van der Waals surface area contributed by atoms with Gasteiger partial charge in [0, 0.05) is 0 Å². The summed E-state index contributed by atoms with van der Waals surface area (Å²) in [5.41, 5.74) is 1.17. The summed E-state index contributed by atoms with van der Waals surface area (Å²) in [4.78, 5) is 0. The van der Waals surface area contributed by atoms with E-state index in [2.05, 4.69) is 13.0 Å². The Hall–Kier alpha value is -1.28. The zero-order chi connectivity index (χ0) is 10.9. The highest BCUT2D eigenvalue weighted by molar-refractivity contribution is 5.26. The minimum Gasteiger partial charge on any atom is -0.497 e. The molecule has 2 nitrogen and oxygen atoms in total. The predicted octanol–water partition coefficient (Wildman–Crippen LogP) is 3.18. The molecule has 1 aromatic rings. The van der Waals surface area contributed by atoms with Crippen LogP contribution in [0.3, 0.4) is 0 Å². The number of methoxy groups -OCH3 is 1. The van der Waals surface area contributed by atoms with Crippen LogP contribution >= 0.6 is 0 Å². The van der Waals surface area contributed by atoms with Gasteiger partial charge in [-0.2, -0.15) is 0 Å². The van der Waals surface area contributed by atoms with Crippen LogP contribution in [0.2, 0.25) is 0 Å². The monoisotopic (exact) mass is 206 g/mol. The Bertz CT molecular complexity index is 288. The molecule has 0 unspecified atom stereocenters. The van der Waals surface area contributed by atoms with E-state index in [0.717, 1.165) is 12.2 Å². The number of allylic oxidation sites excluding steroid dienone is 1. The molecule has 15 heavy (non-hydrogen) atoms. The maximum absolute atomic E-state index is 5.47. The number of hydrogen-bond donors (Lipinski definition) is 0. The van der Waals surface area contributed by atoms with Crippen LogP contribution in [0.15, 0.2) is 36.4 Å². The lowest BCUT2D eigenvalue weighted by Gasteiger charge is -2.03. The largest absolute Gasteiger partial charge is 0.497 e. The summed E-state index contributed by atoms with van der Waals surface area (Å²) >= 11 is 0. The third kappa shape index (κ3) is 4.66. The number of rotatable bonds is 6. The van der Waals surface area contributed by atoms with Gasteiger partial charge in [0.2, 0.25) is 0 Å². The molecule has 0 bridgehead atoms. The zero-order valence-corrected chi connectivity index (χ0v) is 9.40. The summed E-state index contributed by atoms with van der Waals surface area (Å²) < 4.78 is 10.5. The van der Waals surface area contributed by atoms with Crippen molar-refractivity contribution in [3.05, 3.63) is 42.0 Å². The highest BCUT2D eigenvalue weighted by atomic mass is 16.5. The maximum atomic E-state index is 5.47. The first kappa shape index (κ1) is 11.8. The van der Waals surface area contributed by atoms with Crippen molar-refractivity contribution in [2.24, 2.45) is 0 Å². The molecule has 0 aromatic heterocycles. The van der Waals surface area contributed by atoms with Crippen LogP contribution in [0.1, 0.15) is 18.9 Å². The number of benzene rings is 1. The van der Waals surface area contributed by atoms with E-state index in [4.69, 9.17) is 9.47 Å². The molecule has 82 valence electrons. The smallest absolute Gasteiger partial charge is 0.118 e. The van der Waals surface area contributed by atoms with E-state index >= 15 is 0 Å². The van der Waals surface area contributed by atoms with E-state index in [-0.39, 0.29) is 0 Å². The van der Waals surface area contributed by atoms with E-state index in [1.807, 2.05) is 30.3 Å². The Labute approximate surface area is 91.5 Å². The van der Waals surface area contributed by atoms with Gasteiger partial charge in [0.05, 0.1) is 20.3 Å². The number of ether oxygens (including phenoxy) is 2. The predicted molar refractivity (Wildman–Crippen MR) is 62.1 cm³/mol. The van der Waals surface area contributed by atoms with Crippen molar-refractivity contribution in [2.75, 3.05) is 13.7 Å². The van der Waals surface area contributed by atoms with Gasteiger partial charge in [0.25, 0.3) is 0 Å². The van der Waals surface area contributed by atoms with Gasteiger partial charge < -0.3 is 9.47 Å². The topological polar surface area (TPSA) is 18.5 Å². The first-order chi connectivity index (χ1) is 7.36. The Morgan fingerprint density at radius 2 is 1.87 bits per heavy atom. The maximum Gasteiger partial charge on any atom is 0.118 e. The second-order valence-corrected chi connectivity index (χ2v) is 3.24. The van der Waals surface area contributed by atoms with Gasteiger partial charge in [-0.1, -0.05) is 31.2 Å². The van der Waals surface area contributed by atoms with E-state index in [1.165, 1.54) is 5.56 Å². The number of hydrogen-bond acceptors (Lipinski definition) is 2. The zero-order valence-electron chi connectivity index (χ0n) is 9.40. The van der Waals surface area contributed by atoms with Gasteiger partial charge in [-0.3, -0.25) is 0 Å². The van der Waals surface area contributed by atoms with Gasteiger partial charge >= 0.3 is 0 Å². The fourth-order valence-electron chi connectivity index (χ4n) is 1.20.